The van der Waals surface area contributed by atoms with Gasteiger partial charge in [0.25, 0.3) is 0 Å². The number of amides is 2. The molecule has 0 radical (unpaired) electrons. The molecule has 1 heterocycles. The minimum atomic E-state index is -0.207. The van der Waals surface area contributed by atoms with Crippen LogP contribution in [-0.2, 0) is 6.42 Å². The van der Waals surface area contributed by atoms with Crippen molar-refractivity contribution in [3.8, 4) is 0 Å². The van der Waals surface area contributed by atoms with Gasteiger partial charge in [0, 0.05) is 31.7 Å². The van der Waals surface area contributed by atoms with Crippen LogP contribution < -0.4 is 5.32 Å². The average molecular weight is 345 g/mol. The molecule has 1 atom stereocenters. The Kier molecular flexibility index (Phi) is 4.93. The zero-order valence-corrected chi connectivity index (χ0v) is 14.8. The van der Waals surface area contributed by atoms with E-state index in [0.29, 0.717) is 24.9 Å². The molecule has 0 aromatic heterocycles. The molecule has 5 heteroatoms. The van der Waals surface area contributed by atoms with Crippen molar-refractivity contribution < 1.29 is 9.18 Å². The highest BCUT2D eigenvalue weighted by Crippen LogP contribution is 2.31. The largest absolute Gasteiger partial charge is 0.338 e. The first-order valence-electron chi connectivity index (χ1n) is 9.72. The van der Waals surface area contributed by atoms with E-state index in [-0.39, 0.29) is 11.8 Å². The number of nitrogens with one attached hydrogen (secondary N) is 1. The Balaban J connectivity index is 1.25. The maximum absolute atomic E-state index is 13.3. The van der Waals surface area contributed by atoms with Gasteiger partial charge in [0.05, 0.1) is 0 Å². The zero-order valence-electron chi connectivity index (χ0n) is 14.8. The Morgan fingerprint density at radius 2 is 2.08 bits per heavy atom. The zero-order chi connectivity index (χ0) is 17.2. The summed E-state index contributed by atoms with van der Waals surface area (Å²) in [5.41, 5.74) is 0.953. The van der Waals surface area contributed by atoms with E-state index in [0.717, 1.165) is 37.5 Å². The summed E-state index contributed by atoms with van der Waals surface area (Å²) in [5.74, 6) is 0.384. The molecule has 136 valence electrons. The molecule has 2 amide bonds. The van der Waals surface area contributed by atoms with Crippen LogP contribution in [0.1, 0.15) is 37.7 Å². The van der Waals surface area contributed by atoms with E-state index in [1.165, 1.54) is 31.9 Å². The molecule has 1 saturated heterocycles. The van der Waals surface area contributed by atoms with Crippen LogP contribution in [0, 0.1) is 11.7 Å². The van der Waals surface area contributed by atoms with Gasteiger partial charge < -0.3 is 15.1 Å². The van der Waals surface area contributed by atoms with Crippen LogP contribution in [0.3, 0.4) is 0 Å². The lowest BCUT2D eigenvalue weighted by molar-refractivity contribution is 0.193. The molecule has 3 aliphatic rings. The topological polar surface area (TPSA) is 35.6 Å². The molecule has 3 fully saturated rings. The number of nitrogens with zero attached hydrogens (tertiary/aromatic N) is 2. The fraction of sp³-hybridized carbons (Fsp3) is 0.650. The molecule has 0 spiro atoms. The lowest BCUT2D eigenvalue weighted by Gasteiger charge is -2.24. The van der Waals surface area contributed by atoms with Crippen LogP contribution in [0.15, 0.2) is 24.3 Å². The fourth-order valence-electron chi connectivity index (χ4n) is 3.91. The normalized spacial score (nSPS) is 23.6. The number of carbonyl (C=O) groups is 1. The monoisotopic (exact) mass is 345 g/mol. The van der Waals surface area contributed by atoms with Crippen LogP contribution in [0.4, 0.5) is 9.18 Å². The summed E-state index contributed by atoms with van der Waals surface area (Å²) in [6.07, 6.45) is 6.80. The van der Waals surface area contributed by atoms with E-state index >= 15 is 0 Å². The third-order valence-corrected chi connectivity index (χ3v) is 5.70. The van der Waals surface area contributed by atoms with Crippen molar-refractivity contribution in [3.05, 3.63) is 35.6 Å². The van der Waals surface area contributed by atoms with Crippen LogP contribution in [0.5, 0.6) is 0 Å². The highest BCUT2D eigenvalue weighted by molar-refractivity contribution is 5.75. The van der Waals surface area contributed by atoms with Gasteiger partial charge in [-0.1, -0.05) is 12.1 Å². The van der Waals surface area contributed by atoms with Crippen LogP contribution in [-0.4, -0.2) is 54.1 Å². The van der Waals surface area contributed by atoms with Gasteiger partial charge in [-0.15, -0.1) is 0 Å². The van der Waals surface area contributed by atoms with Crippen LogP contribution >= 0.6 is 0 Å². The highest BCUT2D eigenvalue weighted by atomic mass is 19.1. The number of halogens is 1. The van der Waals surface area contributed by atoms with E-state index in [1.807, 2.05) is 11.0 Å². The molecule has 4 nitrogen and oxygen atoms in total. The molecular weight excluding hydrogens is 317 g/mol. The van der Waals surface area contributed by atoms with Gasteiger partial charge in [-0.25, -0.2) is 9.18 Å². The Hall–Kier alpha value is -1.62. The number of benzene rings is 1. The lowest BCUT2D eigenvalue weighted by atomic mass is 10.1. The Bertz CT molecular complexity index is 615. The number of urea groups is 1. The van der Waals surface area contributed by atoms with Gasteiger partial charge in [-0.05, 0) is 68.7 Å². The molecule has 0 bridgehead atoms. The maximum atomic E-state index is 13.3. The molecular formula is C20H28FN3O. The molecule has 4 rings (SSSR count). The molecule has 1 N–H and O–H groups in total. The summed E-state index contributed by atoms with van der Waals surface area (Å²) < 4.78 is 13.3. The van der Waals surface area contributed by atoms with E-state index in [9.17, 15) is 9.18 Å². The van der Waals surface area contributed by atoms with Gasteiger partial charge in [-0.3, -0.25) is 0 Å². The van der Waals surface area contributed by atoms with Crippen molar-refractivity contribution in [2.24, 2.45) is 5.92 Å². The smallest absolute Gasteiger partial charge is 0.317 e. The third-order valence-electron chi connectivity index (χ3n) is 5.70. The van der Waals surface area contributed by atoms with Crippen molar-refractivity contribution >= 4 is 6.03 Å². The molecule has 2 aliphatic carbocycles. The standard InChI is InChI=1S/C20H28FN3O/c21-17-3-1-2-15(12-17)9-11-24(19-6-7-19)20(25)22-13-16-8-10-23(14-16)18-4-5-18/h1-3,12,16,18-19H,4-11,13-14H2,(H,22,25)/t16-/m0/s1. The van der Waals surface area contributed by atoms with Gasteiger partial charge in [0.2, 0.25) is 0 Å². The van der Waals surface area contributed by atoms with Gasteiger partial charge in [-0.2, -0.15) is 0 Å². The number of hydrogen-bond donors (Lipinski definition) is 1. The summed E-state index contributed by atoms with van der Waals surface area (Å²) in [5, 5.41) is 3.16. The average Bonchev–Trinajstić information content (AvgIpc) is 3.53. The van der Waals surface area contributed by atoms with E-state index < -0.39 is 0 Å². The summed E-state index contributed by atoms with van der Waals surface area (Å²) >= 11 is 0. The maximum Gasteiger partial charge on any atom is 0.317 e. The number of likely N-dealkylation sites (tertiary alicyclic amines) is 1. The SMILES string of the molecule is O=C(NC[C@@H]1CCN(C2CC2)C1)N(CCc1cccc(F)c1)C1CC1. The Morgan fingerprint density at radius 3 is 2.80 bits per heavy atom. The highest BCUT2D eigenvalue weighted by Gasteiger charge is 2.35. The van der Waals surface area contributed by atoms with Crippen molar-refractivity contribution in [2.75, 3.05) is 26.2 Å². The number of hydrogen-bond acceptors (Lipinski definition) is 2. The second-order valence-corrected chi connectivity index (χ2v) is 7.87. The van der Waals surface area contributed by atoms with E-state index in [1.54, 1.807) is 12.1 Å². The van der Waals surface area contributed by atoms with Crippen molar-refractivity contribution in [3.63, 3.8) is 0 Å². The van der Waals surface area contributed by atoms with Gasteiger partial charge >= 0.3 is 6.03 Å². The molecule has 1 aliphatic heterocycles. The first-order valence-corrected chi connectivity index (χ1v) is 9.72. The fourth-order valence-corrected chi connectivity index (χ4v) is 3.91. The predicted octanol–water partition coefficient (Wildman–Crippen LogP) is 3.03. The van der Waals surface area contributed by atoms with Gasteiger partial charge in [0.15, 0.2) is 0 Å². The molecule has 2 saturated carbocycles. The lowest BCUT2D eigenvalue weighted by Crippen LogP contribution is -2.44. The quantitative estimate of drug-likeness (QED) is 0.824. The second-order valence-electron chi connectivity index (χ2n) is 7.87. The minimum Gasteiger partial charge on any atom is -0.338 e. The van der Waals surface area contributed by atoms with Gasteiger partial charge in [0.1, 0.15) is 5.82 Å². The van der Waals surface area contributed by atoms with E-state index in [2.05, 4.69) is 10.2 Å². The van der Waals surface area contributed by atoms with Crippen molar-refractivity contribution in [1.82, 2.24) is 15.1 Å². The number of carbonyl (C=O) groups excluding carboxylic acids is 1. The Labute approximate surface area is 149 Å². The van der Waals surface area contributed by atoms with Crippen molar-refractivity contribution in [2.45, 2.75) is 50.6 Å². The number of rotatable bonds is 7. The summed E-state index contributed by atoms with van der Waals surface area (Å²) in [6, 6.07) is 7.95. The predicted molar refractivity (Wildman–Crippen MR) is 95.9 cm³/mol. The third kappa shape index (κ3) is 4.51. The van der Waals surface area contributed by atoms with Crippen LogP contribution in [0.2, 0.25) is 0 Å². The summed E-state index contributed by atoms with van der Waals surface area (Å²) in [4.78, 5) is 17.2. The van der Waals surface area contributed by atoms with E-state index in [4.69, 9.17) is 0 Å². The molecule has 1 aromatic rings. The first kappa shape index (κ1) is 16.8. The molecule has 25 heavy (non-hydrogen) atoms. The second kappa shape index (κ2) is 7.32. The Morgan fingerprint density at radius 1 is 1.24 bits per heavy atom. The molecule has 1 aromatic carbocycles. The van der Waals surface area contributed by atoms with Crippen LogP contribution in [0.25, 0.3) is 0 Å². The minimum absolute atomic E-state index is 0.0591. The summed E-state index contributed by atoms with van der Waals surface area (Å²) in [7, 11) is 0. The molecule has 0 unspecified atom stereocenters. The van der Waals surface area contributed by atoms with Crippen molar-refractivity contribution in [1.29, 1.82) is 0 Å². The first-order chi connectivity index (χ1) is 12.2. The summed E-state index contributed by atoms with van der Waals surface area (Å²) in [6.45, 7) is 3.78.